The van der Waals surface area contributed by atoms with Crippen LogP contribution in [0, 0.1) is 5.82 Å². The Morgan fingerprint density at radius 1 is 1.35 bits per heavy atom. The lowest BCUT2D eigenvalue weighted by Crippen LogP contribution is -2.02. The highest BCUT2D eigenvalue weighted by atomic mass is 19.1. The van der Waals surface area contributed by atoms with Crippen LogP contribution >= 0.6 is 0 Å². The van der Waals surface area contributed by atoms with Crippen LogP contribution in [0.2, 0.25) is 0 Å². The van der Waals surface area contributed by atoms with Crippen molar-refractivity contribution in [2.75, 3.05) is 5.32 Å². The second-order valence-corrected chi connectivity index (χ2v) is 3.43. The summed E-state index contributed by atoms with van der Waals surface area (Å²) in [6, 6.07) is 4.37. The van der Waals surface area contributed by atoms with Crippen LogP contribution in [-0.4, -0.2) is 30.6 Å². The molecule has 17 heavy (non-hydrogen) atoms. The van der Waals surface area contributed by atoms with E-state index in [9.17, 15) is 4.39 Å². The van der Waals surface area contributed by atoms with E-state index in [0.717, 1.165) is 0 Å². The van der Waals surface area contributed by atoms with E-state index in [1.807, 2.05) is 0 Å². The van der Waals surface area contributed by atoms with Crippen LogP contribution in [-0.2, 0) is 6.54 Å². The second-order valence-electron chi connectivity index (χ2n) is 3.43. The van der Waals surface area contributed by atoms with Gasteiger partial charge in [-0.05, 0) is 18.2 Å². The van der Waals surface area contributed by atoms with Gasteiger partial charge < -0.3 is 10.3 Å². The lowest BCUT2D eigenvalue weighted by atomic mass is 10.3. The summed E-state index contributed by atoms with van der Waals surface area (Å²) in [7, 11) is 0. The first-order chi connectivity index (χ1) is 8.31. The molecule has 0 fully saturated rings. The van der Waals surface area contributed by atoms with Gasteiger partial charge in [0.25, 0.3) is 0 Å². The molecule has 0 spiro atoms. The number of anilines is 1. The number of hydrogen-bond acceptors (Lipinski definition) is 5. The Labute approximate surface area is 94.5 Å². The Kier molecular flexibility index (Phi) is 2.18. The number of nitrogens with zero attached hydrogens (tertiary/aromatic N) is 4. The van der Waals surface area contributed by atoms with Crippen molar-refractivity contribution in [3.63, 3.8) is 0 Å². The van der Waals surface area contributed by atoms with Crippen LogP contribution in [0.1, 0.15) is 5.82 Å². The molecule has 0 atom stereocenters. The Balaban J connectivity index is 1.81. The summed E-state index contributed by atoms with van der Waals surface area (Å²) < 4.78 is 13.0. The topological polar surface area (TPSA) is 95.2 Å². The molecule has 0 saturated carbocycles. The van der Waals surface area contributed by atoms with Gasteiger partial charge in [0.05, 0.1) is 17.6 Å². The highest BCUT2D eigenvalue weighted by Gasteiger charge is 2.04. The maximum atomic E-state index is 13.0. The minimum Gasteiger partial charge on any atom is -0.348 e. The maximum Gasteiger partial charge on any atom is 0.201 e. The van der Waals surface area contributed by atoms with Gasteiger partial charge in [0.1, 0.15) is 5.82 Å². The summed E-state index contributed by atoms with van der Waals surface area (Å²) in [5.41, 5.74) is 1.34. The monoisotopic (exact) mass is 233 g/mol. The highest BCUT2D eigenvalue weighted by Crippen LogP contribution is 2.15. The van der Waals surface area contributed by atoms with Crippen molar-refractivity contribution in [1.29, 1.82) is 0 Å². The van der Waals surface area contributed by atoms with Gasteiger partial charge in [-0.15, -0.1) is 10.2 Å². The number of aromatic nitrogens is 6. The molecule has 0 amide bonds. The van der Waals surface area contributed by atoms with E-state index in [-0.39, 0.29) is 5.82 Å². The molecular formula is C9H8FN7. The quantitative estimate of drug-likeness (QED) is 0.622. The fourth-order valence-corrected chi connectivity index (χ4v) is 1.49. The minimum atomic E-state index is -0.300. The minimum absolute atomic E-state index is 0.300. The van der Waals surface area contributed by atoms with Gasteiger partial charge in [-0.25, -0.2) is 9.37 Å². The van der Waals surface area contributed by atoms with Gasteiger partial charge in [0, 0.05) is 0 Å². The fourth-order valence-electron chi connectivity index (χ4n) is 1.49. The van der Waals surface area contributed by atoms with E-state index in [1.165, 1.54) is 12.1 Å². The van der Waals surface area contributed by atoms with Gasteiger partial charge in [-0.2, -0.15) is 5.21 Å². The molecule has 7 nitrogen and oxygen atoms in total. The van der Waals surface area contributed by atoms with Gasteiger partial charge >= 0.3 is 0 Å². The van der Waals surface area contributed by atoms with E-state index in [4.69, 9.17) is 0 Å². The van der Waals surface area contributed by atoms with E-state index in [0.29, 0.717) is 29.4 Å². The molecule has 0 aliphatic rings. The predicted molar refractivity (Wildman–Crippen MR) is 57.6 cm³/mol. The summed E-state index contributed by atoms with van der Waals surface area (Å²) in [6.07, 6.45) is 0. The average Bonchev–Trinajstić information content (AvgIpc) is 2.94. The summed E-state index contributed by atoms with van der Waals surface area (Å²) in [5.74, 6) is 0.762. The first kappa shape index (κ1) is 9.70. The van der Waals surface area contributed by atoms with Crippen LogP contribution in [0.3, 0.4) is 0 Å². The standard InChI is InChI=1S/C9H8FN7/c10-5-1-2-6-7(3-5)13-9(12-6)11-4-8-14-16-17-15-8/h1-3H,4H2,(H2,11,12,13)(H,14,15,16,17). The molecule has 1 aromatic carbocycles. The first-order valence-electron chi connectivity index (χ1n) is 4.93. The Morgan fingerprint density at radius 2 is 2.29 bits per heavy atom. The highest BCUT2D eigenvalue weighted by molar-refractivity contribution is 5.77. The van der Waals surface area contributed by atoms with Crippen LogP contribution in [0.5, 0.6) is 0 Å². The first-order valence-corrected chi connectivity index (χ1v) is 4.93. The normalized spacial score (nSPS) is 10.9. The average molecular weight is 233 g/mol. The molecule has 86 valence electrons. The molecule has 0 unspecified atom stereocenters. The number of rotatable bonds is 3. The van der Waals surface area contributed by atoms with Crippen molar-refractivity contribution in [3.05, 3.63) is 29.8 Å². The third kappa shape index (κ3) is 1.92. The molecule has 0 saturated heterocycles. The number of imidazole rings is 1. The van der Waals surface area contributed by atoms with Crippen molar-refractivity contribution in [3.8, 4) is 0 Å². The smallest absolute Gasteiger partial charge is 0.201 e. The van der Waals surface area contributed by atoms with E-state index >= 15 is 0 Å². The SMILES string of the molecule is Fc1ccc2nc(NCc3nn[nH]n3)[nH]c2c1. The van der Waals surface area contributed by atoms with Crippen molar-refractivity contribution < 1.29 is 4.39 Å². The predicted octanol–water partition coefficient (Wildman–Crippen LogP) is 0.827. The summed E-state index contributed by atoms with van der Waals surface area (Å²) in [5, 5.41) is 16.3. The van der Waals surface area contributed by atoms with Crippen molar-refractivity contribution in [1.82, 2.24) is 30.6 Å². The molecule has 0 aliphatic heterocycles. The van der Waals surface area contributed by atoms with Gasteiger partial charge in [0.2, 0.25) is 5.95 Å². The Hall–Kier alpha value is -2.51. The lowest BCUT2D eigenvalue weighted by Gasteiger charge is -1.96. The Morgan fingerprint density at radius 3 is 3.12 bits per heavy atom. The number of nitrogens with one attached hydrogen (secondary N) is 3. The van der Waals surface area contributed by atoms with Gasteiger partial charge in [0.15, 0.2) is 5.82 Å². The molecule has 3 rings (SSSR count). The zero-order valence-electron chi connectivity index (χ0n) is 8.61. The van der Waals surface area contributed by atoms with Crippen LogP contribution in [0.25, 0.3) is 11.0 Å². The number of aromatic amines is 2. The summed E-state index contributed by atoms with van der Waals surface area (Å²) in [6.45, 7) is 0.388. The molecule has 2 aromatic heterocycles. The zero-order valence-corrected chi connectivity index (χ0v) is 8.61. The van der Waals surface area contributed by atoms with Crippen molar-refractivity contribution >= 4 is 17.0 Å². The largest absolute Gasteiger partial charge is 0.348 e. The fraction of sp³-hybridized carbons (Fsp3) is 0.111. The van der Waals surface area contributed by atoms with Crippen LogP contribution in [0.4, 0.5) is 10.3 Å². The Bertz CT molecular complexity index is 630. The lowest BCUT2D eigenvalue weighted by molar-refractivity contribution is 0.629. The number of fused-ring (bicyclic) bond motifs is 1. The van der Waals surface area contributed by atoms with Gasteiger partial charge in [-0.3, -0.25) is 0 Å². The molecule has 8 heteroatoms. The summed E-state index contributed by atoms with van der Waals surface area (Å²) >= 11 is 0. The maximum absolute atomic E-state index is 13.0. The number of halogens is 1. The van der Waals surface area contributed by atoms with E-state index in [1.54, 1.807) is 6.07 Å². The molecule has 2 heterocycles. The number of tetrazole rings is 1. The second kappa shape index (κ2) is 3.81. The molecular weight excluding hydrogens is 225 g/mol. The molecule has 3 aromatic rings. The van der Waals surface area contributed by atoms with Crippen molar-refractivity contribution in [2.24, 2.45) is 0 Å². The number of benzene rings is 1. The van der Waals surface area contributed by atoms with E-state index < -0.39 is 0 Å². The molecule has 0 bridgehead atoms. The van der Waals surface area contributed by atoms with Crippen LogP contribution in [0.15, 0.2) is 18.2 Å². The number of hydrogen-bond donors (Lipinski definition) is 3. The molecule has 3 N–H and O–H groups in total. The third-order valence-corrected chi connectivity index (χ3v) is 2.25. The molecule has 0 aliphatic carbocycles. The van der Waals surface area contributed by atoms with Crippen molar-refractivity contribution in [2.45, 2.75) is 6.54 Å². The van der Waals surface area contributed by atoms with E-state index in [2.05, 4.69) is 35.9 Å². The van der Waals surface area contributed by atoms with Crippen LogP contribution < -0.4 is 5.32 Å². The number of H-pyrrole nitrogens is 2. The molecule has 0 radical (unpaired) electrons. The third-order valence-electron chi connectivity index (χ3n) is 2.25. The summed E-state index contributed by atoms with van der Waals surface area (Å²) in [4.78, 5) is 7.18. The zero-order chi connectivity index (χ0) is 11.7. The van der Waals surface area contributed by atoms with Gasteiger partial charge in [-0.1, -0.05) is 5.21 Å².